The Labute approximate surface area is 145 Å². The Morgan fingerprint density at radius 3 is 3.00 bits per heavy atom. The van der Waals surface area contributed by atoms with Gasteiger partial charge in [-0.1, -0.05) is 18.2 Å². The van der Waals surface area contributed by atoms with Crippen molar-refractivity contribution in [3.05, 3.63) is 60.3 Å². The molecule has 0 fully saturated rings. The van der Waals surface area contributed by atoms with Crippen molar-refractivity contribution in [3.63, 3.8) is 0 Å². The smallest absolute Gasteiger partial charge is 0.251 e. The number of amides is 1. The summed E-state index contributed by atoms with van der Waals surface area (Å²) in [6.45, 7) is 1.35. The molecule has 0 spiro atoms. The predicted molar refractivity (Wildman–Crippen MR) is 101 cm³/mol. The Hall–Kier alpha value is -3.21. The molecule has 5 heteroatoms. The van der Waals surface area contributed by atoms with E-state index >= 15 is 0 Å². The van der Waals surface area contributed by atoms with Gasteiger partial charge in [-0.3, -0.25) is 4.79 Å². The largest absolute Gasteiger partial charge is 0.497 e. The molecule has 4 rings (SSSR count). The second kappa shape index (κ2) is 6.36. The molecule has 1 aromatic heterocycles. The van der Waals surface area contributed by atoms with Gasteiger partial charge in [0.25, 0.3) is 5.91 Å². The average Bonchev–Trinajstić information content (AvgIpc) is 3.08. The highest BCUT2D eigenvalue weighted by molar-refractivity contribution is 6.07. The molecular formula is C20H19N3O2. The number of nitrogens with zero attached hydrogens (tertiary/aromatic N) is 1. The fourth-order valence-electron chi connectivity index (χ4n) is 3.15. The van der Waals surface area contributed by atoms with E-state index in [-0.39, 0.29) is 5.91 Å². The molecule has 5 nitrogen and oxygen atoms in total. The van der Waals surface area contributed by atoms with E-state index in [2.05, 4.69) is 10.3 Å². The zero-order valence-electron chi connectivity index (χ0n) is 14.0. The van der Waals surface area contributed by atoms with Gasteiger partial charge in [0.05, 0.1) is 18.5 Å². The van der Waals surface area contributed by atoms with E-state index in [1.54, 1.807) is 18.1 Å². The van der Waals surface area contributed by atoms with E-state index in [1.807, 2.05) is 54.7 Å². The first-order valence-electron chi connectivity index (χ1n) is 8.24. The normalized spacial score (nSPS) is 13.7. The number of carbonyl (C=O) groups excluding carboxylic acids is 1. The van der Waals surface area contributed by atoms with Gasteiger partial charge >= 0.3 is 0 Å². The number of fused-ring (bicyclic) bond motifs is 2. The molecule has 0 aliphatic carbocycles. The Morgan fingerprint density at radius 2 is 2.12 bits per heavy atom. The van der Waals surface area contributed by atoms with Gasteiger partial charge in [-0.25, -0.2) is 0 Å². The van der Waals surface area contributed by atoms with Crippen LogP contribution >= 0.6 is 0 Å². The molecule has 0 saturated carbocycles. The number of hydrogen-bond acceptors (Lipinski definition) is 3. The Morgan fingerprint density at radius 1 is 1.24 bits per heavy atom. The Bertz CT molecular complexity index is 958. The van der Waals surface area contributed by atoms with Crippen LogP contribution in [-0.4, -0.2) is 31.1 Å². The number of benzene rings is 2. The van der Waals surface area contributed by atoms with Gasteiger partial charge in [-0.2, -0.15) is 0 Å². The maximum absolute atomic E-state index is 12.8. The van der Waals surface area contributed by atoms with Crippen molar-refractivity contribution in [3.8, 4) is 5.75 Å². The van der Waals surface area contributed by atoms with Gasteiger partial charge in [0, 0.05) is 42.3 Å². The highest BCUT2D eigenvalue weighted by Crippen LogP contribution is 2.33. The van der Waals surface area contributed by atoms with Gasteiger partial charge in [0.15, 0.2) is 0 Å². The predicted octanol–water partition coefficient (Wildman–Crippen LogP) is 3.65. The SMILES string of the molecule is COc1ccc2c(c1)N(C(=O)C=Cc1c[nH]c3ccccc13)CCN2. The molecule has 2 heterocycles. The van der Waals surface area contributed by atoms with Gasteiger partial charge in [-0.15, -0.1) is 0 Å². The molecule has 1 amide bonds. The number of aromatic nitrogens is 1. The molecule has 126 valence electrons. The number of ether oxygens (including phenoxy) is 1. The van der Waals surface area contributed by atoms with Crippen molar-refractivity contribution in [1.29, 1.82) is 0 Å². The molecule has 1 aliphatic rings. The van der Waals surface area contributed by atoms with Crippen molar-refractivity contribution >= 4 is 34.3 Å². The molecule has 2 aromatic carbocycles. The number of para-hydroxylation sites is 1. The third-order valence-electron chi connectivity index (χ3n) is 4.44. The van der Waals surface area contributed by atoms with Crippen molar-refractivity contribution in [2.45, 2.75) is 0 Å². The summed E-state index contributed by atoms with van der Waals surface area (Å²) in [5, 5.41) is 4.42. The van der Waals surface area contributed by atoms with Crippen LogP contribution in [-0.2, 0) is 4.79 Å². The summed E-state index contributed by atoms with van der Waals surface area (Å²) in [7, 11) is 1.63. The number of carbonyl (C=O) groups is 1. The summed E-state index contributed by atoms with van der Waals surface area (Å²) in [4.78, 5) is 17.7. The molecule has 0 unspecified atom stereocenters. The van der Waals surface area contributed by atoms with E-state index < -0.39 is 0 Å². The zero-order valence-corrected chi connectivity index (χ0v) is 14.0. The lowest BCUT2D eigenvalue weighted by atomic mass is 10.1. The maximum atomic E-state index is 12.8. The van der Waals surface area contributed by atoms with Gasteiger partial charge in [-0.05, 0) is 29.8 Å². The van der Waals surface area contributed by atoms with E-state index in [1.165, 1.54) is 0 Å². The third-order valence-corrected chi connectivity index (χ3v) is 4.44. The van der Waals surface area contributed by atoms with Crippen LogP contribution < -0.4 is 15.0 Å². The number of hydrogen-bond donors (Lipinski definition) is 2. The molecule has 2 N–H and O–H groups in total. The summed E-state index contributed by atoms with van der Waals surface area (Å²) in [6.07, 6.45) is 5.41. The highest BCUT2D eigenvalue weighted by atomic mass is 16.5. The molecular weight excluding hydrogens is 314 g/mol. The fourth-order valence-corrected chi connectivity index (χ4v) is 3.15. The van der Waals surface area contributed by atoms with Crippen molar-refractivity contribution in [2.24, 2.45) is 0 Å². The van der Waals surface area contributed by atoms with E-state index in [0.717, 1.165) is 40.1 Å². The molecule has 0 bridgehead atoms. The quantitative estimate of drug-likeness (QED) is 0.719. The monoisotopic (exact) mass is 333 g/mol. The van der Waals surface area contributed by atoms with Gasteiger partial charge in [0.2, 0.25) is 0 Å². The van der Waals surface area contributed by atoms with Crippen LogP contribution in [0, 0.1) is 0 Å². The number of anilines is 2. The average molecular weight is 333 g/mol. The molecule has 0 radical (unpaired) electrons. The molecule has 25 heavy (non-hydrogen) atoms. The van der Waals surface area contributed by atoms with Crippen molar-refractivity contribution < 1.29 is 9.53 Å². The first-order chi connectivity index (χ1) is 12.3. The molecule has 0 atom stereocenters. The van der Waals surface area contributed by atoms with Crippen LogP contribution in [0.5, 0.6) is 5.75 Å². The number of H-pyrrole nitrogens is 1. The fraction of sp³-hybridized carbons (Fsp3) is 0.150. The van der Waals surface area contributed by atoms with Crippen LogP contribution in [0.2, 0.25) is 0 Å². The van der Waals surface area contributed by atoms with E-state index in [4.69, 9.17) is 4.74 Å². The topological polar surface area (TPSA) is 57.4 Å². The van der Waals surface area contributed by atoms with E-state index in [9.17, 15) is 4.79 Å². The third kappa shape index (κ3) is 2.85. The zero-order chi connectivity index (χ0) is 17.2. The standard InChI is InChI=1S/C20H19N3O2/c1-25-15-7-8-18-19(12-15)23(11-10-21-18)20(24)9-6-14-13-22-17-5-3-2-4-16(14)17/h2-9,12-13,21-22H,10-11H2,1H3. The van der Waals surface area contributed by atoms with Gasteiger partial charge in [0.1, 0.15) is 5.75 Å². The maximum Gasteiger partial charge on any atom is 0.251 e. The minimum absolute atomic E-state index is 0.0405. The number of methoxy groups -OCH3 is 1. The Balaban J connectivity index is 1.62. The molecule has 3 aromatic rings. The first-order valence-corrected chi connectivity index (χ1v) is 8.24. The highest BCUT2D eigenvalue weighted by Gasteiger charge is 2.21. The minimum atomic E-state index is -0.0405. The lowest BCUT2D eigenvalue weighted by molar-refractivity contribution is -0.114. The van der Waals surface area contributed by atoms with Crippen LogP contribution in [0.1, 0.15) is 5.56 Å². The number of aromatic amines is 1. The van der Waals surface area contributed by atoms with Crippen molar-refractivity contribution in [2.75, 3.05) is 30.4 Å². The van der Waals surface area contributed by atoms with E-state index in [0.29, 0.717) is 6.54 Å². The second-order valence-electron chi connectivity index (χ2n) is 5.92. The summed E-state index contributed by atoms with van der Waals surface area (Å²) in [5.74, 6) is 0.696. The minimum Gasteiger partial charge on any atom is -0.497 e. The van der Waals surface area contributed by atoms with Crippen molar-refractivity contribution in [1.82, 2.24) is 4.98 Å². The van der Waals surface area contributed by atoms with Crippen LogP contribution in [0.25, 0.3) is 17.0 Å². The second-order valence-corrected chi connectivity index (χ2v) is 5.92. The lowest BCUT2D eigenvalue weighted by Gasteiger charge is -2.29. The summed E-state index contributed by atoms with van der Waals surface area (Å²) >= 11 is 0. The number of nitrogens with one attached hydrogen (secondary N) is 2. The summed E-state index contributed by atoms with van der Waals surface area (Å²) in [6, 6.07) is 13.8. The van der Waals surface area contributed by atoms with Crippen LogP contribution in [0.15, 0.2) is 54.7 Å². The van der Waals surface area contributed by atoms with Crippen LogP contribution in [0.3, 0.4) is 0 Å². The Kier molecular flexibility index (Phi) is 3.90. The summed E-state index contributed by atoms with van der Waals surface area (Å²) in [5.41, 5.74) is 3.86. The van der Waals surface area contributed by atoms with Gasteiger partial charge < -0.3 is 19.9 Å². The lowest BCUT2D eigenvalue weighted by Crippen LogP contribution is -2.37. The van der Waals surface area contributed by atoms with Crippen LogP contribution in [0.4, 0.5) is 11.4 Å². The first kappa shape index (κ1) is 15.3. The summed E-state index contributed by atoms with van der Waals surface area (Å²) < 4.78 is 5.29. The number of rotatable bonds is 3. The molecule has 0 saturated heterocycles. The molecule has 1 aliphatic heterocycles.